The van der Waals surface area contributed by atoms with Crippen molar-refractivity contribution in [1.29, 1.82) is 0 Å². The van der Waals surface area contributed by atoms with Crippen LogP contribution in [0.4, 0.5) is 11.9 Å². The summed E-state index contributed by atoms with van der Waals surface area (Å²) in [5, 5.41) is 15.8. The minimum absolute atomic E-state index is 0.116. The van der Waals surface area contributed by atoms with Crippen LogP contribution in [0.25, 0.3) is 0 Å². The molecule has 0 radical (unpaired) electrons. The average Bonchev–Trinajstić information content (AvgIpc) is 2.71. The standard InChI is InChI=1S/C8H15N5O/c1-5-2-3-13(6(5)4-14)8-10-7(9)11-12-8/h5-6,14H,2-4H2,1H3,(H3,9,10,11,12). The molecule has 1 aromatic rings. The molecule has 0 saturated carbocycles. The second kappa shape index (κ2) is 3.45. The number of nitrogens with zero attached hydrogens (tertiary/aromatic N) is 3. The number of H-pyrrole nitrogens is 1. The fourth-order valence-electron chi connectivity index (χ4n) is 1.93. The predicted octanol–water partition coefficient (Wildman–Crippen LogP) is -0.406. The Morgan fingerprint density at radius 3 is 3.07 bits per heavy atom. The summed E-state index contributed by atoms with van der Waals surface area (Å²) in [7, 11) is 0. The Morgan fingerprint density at radius 2 is 2.50 bits per heavy atom. The fraction of sp³-hybridized carbons (Fsp3) is 0.750. The van der Waals surface area contributed by atoms with E-state index in [2.05, 4.69) is 22.1 Å². The Kier molecular flexibility index (Phi) is 2.28. The molecule has 1 fully saturated rings. The van der Waals surface area contributed by atoms with Gasteiger partial charge in [-0.2, -0.15) is 4.98 Å². The van der Waals surface area contributed by atoms with Crippen LogP contribution in [0.3, 0.4) is 0 Å². The van der Waals surface area contributed by atoms with Gasteiger partial charge in [-0.25, -0.2) is 5.10 Å². The van der Waals surface area contributed by atoms with Gasteiger partial charge in [0, 0.05) is 6.54 Å². The molecule has 1 aromatic heterocycles. The van der Waals surface area contributed by atoms with Gasteiger partial charge in [-0.3, -0.25) is 0 Å². The number of aromatic nitrogens is 3. The van der Waals surface area contributed by atoms with Gasteiger partial charge >= 0.3 is 0 Å². The van der Waals surface area contributed by atoms with Crippen molar-refractivity contribution in [3.63, 3.8) is 0 Å². The molecule has 6 nitrogen and oxygen atoms in total. The van der Waals surface area contributed by atoms with Crippen molar-refractivity contribution in [3.8, 4) is 0 Å². The van der Waals surface area contributed by atoms with Crippen molar-refractivity contribution in [2.24, 2.45) is 5.92 Å². The molecule has 14 heavy (non-hydrogen) atoms. The predicted molar refractivity (Wildman–Crippen MR) is 52.8 cm³/mol. The van der Waals surface area contributed by atoms with Crippen LogP contribution in [0.5, 0.6) is 0 Å². The number of hydrogen-bond acceptors (Lipinski definition) is 5. The van der Waals surface area contributed by atoms with E-state index in [4.69, 9.17) is 5.73 Å². The molecule has 4 N–H and O–H groups in total. The van der Waals surface area contributed by atoms with E-state index in [0.717, 1.165) is 13.0 Å². The summed E-state index contributed by atoms with van der Waals surface area (Å²) >= 11 is 0. The number of anilines is 2. The molecule has 0 amide bonds. The largest absolute Gasteiger partial charge is 0.394 e. The Labute approximate surface area is 82.1 Å². The second-order valence-electron chi connectivity index (χ2n) is 3.73. The highest BCUT2D eigenvalue weighted by Crippen LogP contribution is 2.26. The van der Waals surface area contributed by atoms with Crippen LogP contribution >= 0.6 is 0 Å². The maximum atomic E-state index is 9.24. The topological polar surface area (TPSA) is 91.1 Å². The van der Waals surface area contributed by atoms with Crippen LogP contribution in [0.1, 0.15) is 13.3 Å². The van der Waals surface area contributed by atoms with Crippen molar-refractivity contribution in [3.05, 3.63) is 0 Å². The minimum atomic E-state index is 0.116. The normalized spacial score (nSPS) is 27.1. The second-order valence-corrected chi connectivity index (χ2v) is 3.73. The average molecular weight is 197 g/mol. The molecular weight excluding hydrogens is 182 g/mol. The van der Waals surface area contributed by atoms with Gasteiger partial charge in [0.2, 0.25) is 11.9 Å². The highest BCUT2D eigenvalue weighted by Gasteiger charge is 2.32. The number of nitrogen functional groups attached to an aromatic ring is 1. The third kappa shape index (κ3) is 1.41. The Hall–Kier alpha value is -1.30. The lowest BCUT2D eigenvalue weighted by atomic mass is 10.0. The number of rotatable bonds is 2. The summed E-state index contributed by atoms with van der Waals surface area (Å²) in [6.07, 6.45) is 1.06. The summed E-state index contributed by atoms with van der Waals surface area (Å²) in [6.45, 7) is 3.14. The lowest BCUT2D eigenvalue weighted by Crippen LogP contribution is -2.35. The van der Waals surface area contributed by atoms with Crippen molar-refractivity contribution >= 4 is 11.9 Å². The molecule has 1 aliphatic heterocycles. The molecule has 2 rings (SSSR count). The SMILES string of the molecule is CC1CCN(c2n[nH]c(N)n2)C1CO. The van der Waals surface area contributed by atoms with Crippen LogP contribution < -0.4 is 10.6 Å². The van der Waals surface area contributed by atoms with Gasteiger partial charge in [-0.15, -0.1) is 5.10 Å². The molecule has 2 heterocycles. The van der Waals surface area contributed by atoms with Gasteiger partial charge in [-0.1, -0.05) is 6.92 Å². The van der Waals surface area contributed by atoms with Crippen LogP contribution in [0, 0.1) is 5.92 Å². The van der Waals surface area contributed by atoms with E-state index < -0.39 is 0 Å². The van der Waals surface area contributed by atoms with Crippen molar-refractivity contribution < 1.29 is 5.11 Å². The molecule has 78 valence electrons. The molecule has 1 aliphatic rings. The van der Waals surface area contributed by atoms with E-state index in [1.165, 1.54) is 0 Å². The minimum Gasteiger partial charge on any atom is -0.394 e. The highest BCUT2D eigenvalue weighted by atomic mass is 16.3. The van der Waals surface area contributed by atoms with Gasteiger partial charge in [-0.05, 0) is 12.3 Å². The van der Waals surface area contributed by atoms with E-state index in [1.807, 2.05) is 4.90 Å². The van der Waals surface area contributed by atoms with Crippen LogP contribution in [0.15, 0.2) is 0 Å². The molecular formula is C8H15N5O. The van der Waals surface area contributed by atoms with Crippen LogP contribution in [0.2, 0.25) is 0 Å². The lowest BCUT2D eigenvalue weighted by molar-refractivity contribution is 0.244. The highest BCUT2D eigenvalue weighted by molar-refractivity contribution is 5.37. The Morgan fingerprint density at radius 1 is 1.71 bits per heavy atom. The van der Waals surface area contributed by atoms with E-state index in [1.54, 1.807) is 0 Å². The van der Waals surface area contributed by atoms with E-state index >= 15 is 0 Å². The molecule has 0 bridgehead atoms. The third-order valence-electron chi connectivity index (χ3n) is 2.82. The van der Waals surface area contributed by atoms with E-state index in [0.29, 0.717) is 17.8 Å². The first-order valence-corrected chi connectivity index (χ1v) is 4.77. The van der Waals surface area contributed by atoms with Crippen LogP contribution in [-0.2, 0) is 0 Å². The summed E-state index contributed by atoms with van der Waals surface area (Å²) in [5.41, 5.74) is 5.45. The first-order chi connectivity index (χ1) is 6.72. The zero-order chi connectivity index (χ0) is 10.1. The van der Waals surface area contributed by atoms with Gasteiger partial charge < -0.3 is 15.7 Å². The van der Waals surface area contributed by atoms with Crippen LogP contribution in [-0.4, -0.2) is 39.5 Å². The molecule has 0 spiro atoms. The maximum absolute atomic E-state index is 9.24. The quantitative estimate of drug-likeness (QED) is 0.599. The molecule has 1 saturated heterocycles. The number of aliphatic hydroxyl groups is 1. The zero-order valence-electron chi connectivity index (χ0n) is 8.14. The van der Waals surface area contributed by atoms with Gasteiger partial charge in [0.05, 0.1) is 12.6 Å². The Balaban J connectivity index is 2.18. The summed E-state index contributed by atoms with van der Waals surface area (Å²) < 4.78 is 0. The fourth-order valence-corrected chi connectivity index (χ4v) is 1.93. The first kappa shape index (κ1) is 9.26. The number of hydrogen-bond donors (Lipinski definition) is 3. The first-order valence-electron chi connectivity index (χ1n) is 4.77. The monoisotopic (exact) mass is 197 g/mol. The Bertz CT molecular complexity index is 312. The number of aromatic amines is 1. The van der Waals surface area contributed by atoms with Crippen molar-refractivity contribution in [1.82, 2.24) is 15.2 Å². The smallest absolute Gasteiger partial charge is 0.246 e. The van der Waals surface area contributed by atoms with Gasteiger partial charge in [0.1, 0.15) is 0 Å². The number of nitrogens with one attached hydrogen (secondary N) is 1. The zero-order valence-corrected chi connectivity index (χ0v) is 8.14. The summed E-state index contributed by atoms with van der Waals surface area (Å²) in [4.78, 5) is 6.05. The molecule has 0 aromatic carbocycles. The van der Waals surface area contributed by atoms with Gasteiger partial charge in [0.25, 0.3) is 0 Å². The maximum Gasteiger partial charge on any atom is 0.246 e. The van der Waals surface area contributed by atoms with E-state index in [9.17, 15) is 5.11 Å². The molecule has 0 aliphatic carbocycles. The van der Waals surface area contributed by atoms with E-state index in [-0.39, 0.29) is 12.6 Å². The van der Waals surface area contributed by atoms with Crippen molar-refractivity contribution in [2.45, 2.75) is 19.4 Å². The molecule has 2 atom stereocenters. The van der Waals surface area contributed by atoms with Crippen molar-refractivity contribution in [2.75, 3.05) is 23.8 Å². The van der Waals surface area contributed by atoms with Gasteiger partial charge in [0.15, 0.2) is 0 Å². The lowest BCUT2D eigenvalue weighted by Gasteiger charge is -2.23. The number of aliphatic hydroxyl groups excluding tert-OH is 1. The molecule has 2 unspecified atom stereocenters. The molecule has 6 heteroatoms. The number of nitrogens with two attached hydrogens (primary N) is 1. The third-order valence-corrected chi connectivity index (χ3v) is 2.82. The summed E-state index contributed by atoms with van der Waals surface area (Å²) in [5.74, 6) is 1.38. The summed E-state index contributed by atoms with van der Waals surface area (Å²) in [6, 6.07) is 0.116.